The van der Waals surface area contributed by atoms with E-state index in [0.29, 0.717) is 5.41 Å². The standard InChI is InChI=1S/C10H21N3/c1-11-6-7-13-8-10(9-13)2-4-12-5-3-10/h11-12H,2-9H2,1H3. The minimum absolute atomic E-state index is 0.707. The van der Waals surface area contributed by atoms with Crippen LogP contribution in [0, 0.1) is 5.41 Å². The molecule has 2 N–H and O–H groups in total. The van der Waals surface area contributed by atoms with Crippen LogP contribution in [0.2, 0.25) is 0 Å². The summed E-state index contributed by atoms with van der Waals surface area (Å²) in [6.45, 7) is 7.52. The molecular weight excluding hydrogens is 162 g/mol. The number of rotatable bonds is 3. The molecule has 0 atom stereocenters. The van der Waals surface area contributed by atoms with Gasteiger partial charge in [-0.3, -0.25) is 0 Å². The van der Waals surface area contributed by atoms with E-state index in [4.69, 9.17) is 0 Å². The molecule has 0 amide bonds. The molecular formula is C10H21N3. The molecule has 0 radical (unpaired) electrons. The molecule has 2 aliphatic heterocycles. The Labute approximate surface area is 80.9 Å². The average molecular weight is 183 g/mol. The smallest absolute Gasteiger partial charge is 0.0107 e. The molecule has 2 fully saturated rings. The number of nitrogens with one attached hydrogen (secondary N) is 2. The fourth-order valence-electron chi connectivity index (χ4n) is 2.60. The van der Waals surface area contributed by atoms with E-state index in [2.05, 4.69) is 15.5 Å². The highest BCUT2D eigenvalue weighted by Gasteiger charge is 2.42. The monoisotopic (exact) mass is 183 g/mol. The summed E-state index contributed by atoms with van der Waals surface area (Å²) in [6, 6.07) is 0. The Morgan fingerprint density at radius 1 is 1.31 bits per heavy atom. The van der Waals surface area contributed by atoms with Crippen molar-refractivity contribution in [3.8, 4) is 0 Å². The molecule has 0 aromatic rings. The predicted octanol–water partition coefficient (Wildman–Crippen LogP) is -0.109. The summed E-state index contributed by atoms with van der Waals surface area (Å²) in [5.41, 5.74) is 0.707. The topological polar surface area (TPSA) is 27.3 Å². The molecule has 2 heterocycles. The van der Waals surface area contributed by atoms with Crippen LogP contribution in [0.25, 0.3) is 0 Å². The first-order chi connectivity index (χ1) is 6.35. The molecule has 0 aliphatic carbocycles. The Morgan fingerprint density at radius 2 is 2.00 bits per heavy atom. The zero-order valence-corrected chi connectivity index (χ0v) is 8.60. The second kappa shape index (κ2) is 3.95. The Kier molecular flexibility index (Phi) is 2.86. The number of likely N-dealkylation sites (tertiary alicyclic amines) is 1. The molecule has 0 unspecified atom stereocenters. The van der Waals surface area contributed by atoms with Crippen LogP contribution in [-0.2, 0) is 0 Å². The van der Waals surface area contributed by atoms with Crippen LogP contribution in [0.15, 0.2) is 0 Å². The third-order valence-corrected chi connectivity index (χ3v) is 3.46. The normalized spacial score (nSPS) is 27.5. The predicted molar refractivity (Wildman–Crippen MR) is 54.9 cm³/mol. The van der Waals surface area contributed by atoms with Gasteiger partial charge in [-0.1, -0.05) is 0 Å². The molecule has 0 aromatic carbocycles. The Bertz CT molecular complexity index is 156. The minimum Gasteiger partial charge on any atom is -0.318 e. The first-order valence-electron chi connectivity index (χ1n) is 5.42. The fraction of sp³-hybridized carbons (Fsp3) is 1.00. The summed E-state index contributed by atoms with van der Waals surface area (Å²) < 4.78 is 0. The third kappa shape index (κ3) is 2.03. The summed E-state index contributed by atoms with van der Waals surface area (Å²) in [4.78, 5) is 2.57. The van der Waals surface area contributed by atoms with Crippen molar-refractivity contribution < 1.29 is 0 Å². The van der Waals surface area contributed by atoms with Gasteiger partial charge < -0.3 is 15.5 Å². The summed E-state index contributed by atoms with van der Waals surface area (Å²) in [5, 5.41) is 6.64. The maximum atomic E-state index is 3.44. The van der Waals surface area contributed by atoms with E-state index in [1.807, 2.05) is 7.05 Å². The van der Waals surface area contributed by atoms with Gasteiger partial charge in [-0.15, -0.1) is 0 Å². The quantitative estimate of drug-likeness (QED) is 0.639. The molecule has 3 heteroatoms. The highest BCUT2D eigenvalue weighted by atomic mass is 15.2. The number of piperidine rings is 1. The Morgan fingerprint density at radius 3 is 2.62 bits per heavy atom. The zero-order valence-electron chi connectivity index (χ0n) is 8.60. The molecule has 2 rings (SSSR count). The number of hydrogen-bond donors (Lipinski definition) is 2. The molecule has 13 heavy (non-hydrogen) atoms. The van der Waals surface area contributed by atoms with Crippen molar-refractivity contribution in [1.82, 2.24) is 15.5 Å². The van der Waals surface area contributed by atoms with Crippen LogP contribution in [-0.4, -0.2) is 51.2 Å². The lowest BCUT2D eigenvalue weighted by molar-refractivity contribution is -0.0212. The van der Waals surface area contributed by atoms with E-state index in [1.165, 1.54) is 45.6 Å². The first-order valence-corrected chi connectivity index (χ1v) is 5.42. The van der Waals surface area contributed by atoms with Crippen molar-refractivity contribution >= 4 is 0 Å². The van der Waals surface area contributed by atoms with E-state index in [-0.39, 0.29) is 0 Å². The van der Waals surface area contributed by atoms with Crippen molar-refractivity contribution in [2.75, 3.05) is 46.3 Å². The molecule has 2 saturated heterocycles. The maximum absolute atomic E-state index is 3.44. The second-order valence-electron chi connectivity index (χ2n) is 4.56. The Balaban J connectivity index is 1.69. The molecule has 1 spiro atoms. The highest BCUT2D eigenvalue weighted by Crippen LogP contribution is 2.38. The van der Waals surface area contributed by atoms with Crippen molar-refractivity contribution in [1.29, 1.82) is 0 Å². The van der Waals surface area contributed by atoms with Gasteiger partial charge in [0.15, 0.2) is 0 Å². The highest BCUT2D eigenvalue weighted by molar-refractivity contribution is 4.97. The number of likely N-dealkylation sites (N-methyl/N-ethyl adjacent to an activating group) is 1. The number of nitrogens with zero attached hydrogens (tertiary/aromatic N) is 1. The van der Waals surface area contributed by atoms with E-state index >= 15 is 0 Å². The van der Waals surface area contributed by atoms with Gasteiger partial charge in [0, 0.05) is 26.2 Å². The van der Waals surface area contributed by atoms with Crippen molar-refractivity contribution in [2.45, 2.75) is 12.8 Å². The molecule has 0 bridgehead atoms. The molecule has 0 aromatic heterocycles. The van der Waals surface area contributed by atoms with Crippen LogP contribution in [0.4, 0.5) is 0 Å². The van der Waals surface area contributed by atoms with Crippen LogP contribution in [0.3, 0.4) is 0 Å². The SMILES string of the molecule is CNCCN1CC2(CCNCC2)C1. The first kappa shape index (κ1) is 9.44. The lowest BCUT2D eigenvalue weighted by Gasteiger charge is -2.52. The average Bonchev–Trinajstić information content (AvgIpc) is 2.13. The van der Waals surface area contributed by atoms with Crippen molar-refractivity contribution in [2.24, 2.45) is 5.41 Å². The Hall–Kier alpha value is -0.120. The van der Waals surface area contributed by atoms with E-state index in [1.54, 1.807) is 0 Å². The molecule has 3 nitrogen and oxygen atoms in total. The summed E-state index contributed by atoms with van der Waals surface area (Å²) >= 11 is 0. The fourth-order valence-corrected chi connectivity index (χ4v) is 2.60. The van der Waals surface area contributed by atoms with Gasteiger partial charge in [0.25, 0.3) is 0 Å². The lowest BCUT2D eigenvalue weighted by Crippen LogP contribution is -2.60. The van der Waals surface area contributed by atoms with Crippen LogP contribution < -0.4 is 10.6 Å². The third-order valence-electron chi connectivity index (χ3n) is 3.46. The van der Waals surface area contributed by atoms with Gasteiger partial charge >= 0.3 is 0 Å². The zero-order chi connectivity index (χ0) is 9.15. The van der Waals surface area contributed by atoms with E-state index in [9.17, 15) is 0 Å². The van der Waals surface area contributed by atoms with Crippen LogP contribution in [0.1, 0.15) is 12.8 Å². The second-order valence-corrected chi connectivity index (χ2v) is 4.56. The van der Waals surface area contributed by atoms with Gasteiger partial charge in [-0.05, 0) is 38.4 Å². The molecule has 2 aliphatic rings. The van der Waals surface area contributed by atoms with Crippen molar-refractivity contribution in [3.05, 3.63) is 0 Å². The van der Waals surface area contributed by atoms with Crippen molar-refractivity contribution in [3.63, 3.8) is 0 Å². The van der Waals surface area contributed by atoms with Gasteiger partial charge in [0.1, 0.15) is 0 Å². The minimum atomic E-state index is 0.707. The molecule has 76 valence electrons. The largest absolute Gasteiger partial charge is 0.318 e. The number of hydrogen-bond acceptors (Lipinski definition) is 3. The van der Waals surface area contributed by atoms with E-state index < -0.39 is 0 Å². The summed E-state index contributed by atoms with van der Waals surface area (Å²) in [6.07, 6.45) is 2.78. The summed E-state index contributed by atoms with van der Waals surface area (Å²) in [7, 11) is 2.03. The lowest BCUT2D eigenvalue weighted by atomic mass is 9.72. The van der Waals surface area contributed by atoms with Crippen LogP contribution in [0.5, 0.6) is 0 Å². The van der Waals surface area contributed by atoms with Gasteiger partial charge in [-0.2, -0.15) is 0 Å². The van der Waals surface area contributed by atoms with Gasteiger partial charge in [0.05, 0.1) is 0 Å². The van der Waals surface area contributed by atoms with Gasteiger partial charge in [-0.25, -0.2) is 0 Å². The maximum Gasteiger partial charge on any atom is 0.0107 e. The van der Waals surface area contributed by atoms with E-state index in [0.717, 1.165) is 6.54 Å². The molecule has 0 saturated carbocycles. The van der Waals surface area contributed by atoms with Gasteiger partial charge in [0.2, 0.25) is 0 Å². The summed E-state index contributed by atoms with van der Waals surface area (Å²) in [5.74, 6) is 0. The van der Waals surface area contributed by atoms with Crippen LogP contribution >= 0.6 is 0 Å².